The average molecular weight is 412 g/mol. The van der Waals surface area contributed by atoms with Gasteiger partial charge in [-0.15, -0.1) is 11.3 Å². The quantitative estimate of drug-likeness (QED) is 0.676. The number of halogens is 1. The molecule has 0 aliphatic rings. The number of nitrogens with zero attached hydrogens (tertiary/aromatic N) is 2. The Bertz CT molecular complexity index is 872. The van der Waals surface area contributed by atoms with Crippen LogP contribution in [0, 0.1) is 0 Å². The number of rotatable bonds is 6. The van der Waals surface area contributed by atoms with E-state index in [9.17, 15) is 8.42 Å². The van der Waals surface area contributed by atoms with Crippen molar-refractivity contribution < 1.29 is 8.42 Å². The summed E-state index contributed by atoms with van der Waals surface area (Å²) in [5.41, 5.74) is 2.04. The molecule has 0 saturated heterocycles. The van der Waals surface area contributed by atoms with Gasteiger partial charge >= 0.3 is 0 Å². The van der Waals surface area contributed by atoms with Crippen LogP contribution < -0.4 is 4.72 Å². The molecule has 1 N–H and O–H groups in total. The minimum atomic E-state index is -3.43. The molecule has 0 radical (unpaired) electrons. The fraction of sp³-hybridized carbons (Fsp3) is 0.133. The van der Waals surface area contributed by atoms with Crippen molar-refractivity contribution in [1.29, 1.82) is 0 Å². The van der Waals surface area contributed by atoms with E-state index >= 15 is 0 Å². The second-order valence-electron chi connectivity index (χ2n) is 4.82. The monoisotopic (exact) mass is 411 g/mol. The lowest BCUT2D eigenvalue weighted by Crippen LogP contribution is -2.25. The number of hydrogen-bond acceptors (Lipinski definition) is 4. The maximum absolute atomic E-state index is 12.1. The van der Waals surface area contributed by atoms with Gasteiger partial charge in [-0.25, -0.2) is 17.8 Å². The first kappa shape index (κ1) is 16.4. The van der Waals surface area contributed by atoms with Crippen molar-refractivity contribution in [3.63, 3.8) is 0 Å². The molecule has 0 amide bonds. The first-order valence-corrected chi connectivity index (χ1v) is 9.98. The van der Waals surface area contributed by atoms with Crippen LogP contribution in [0.4, 0.5) is 0 Å². The highest BCUT2D eigenvalue weighted by Gasteiger charge is 2.15. The van der Waals surface area contributed by atoms with E-state index in [1.54, 1.807) is 23.0 Å². The molecule has 0 aliphatic carbocycles. The number of thiophene rings is 1. The van der Waals surface area contributed by atoms with Crippen molar-refractivity contribution in [2.24, 2.45) is 0 Å². The van der Waals surface area contributed by atoms with E-state index in [1.807, 2.05) is 36.5 Å². The highest BCUT2D eigenvalue weighted by Crippen LogP contribution is 2.25. The van der Waals surface area contributed by atoms with Crippen LogP contribution in [-0.4, -0.2) is 24.7 Å². The Kier molecular flexibility index (Phi) is 4.96. The molecule has 2 heterocycles. The molecule has 3 rings (SSSR count). The molecule has 0 saturated carbocycles. The predicted octanol–water partition coefficient (Wildman–Crippen LogP) is 3.22. The summed E-state index contributed by atoms with van der Waals surface area (Å²) in [5.74, 6) is 0. The maximum atomic E-state index is 12.1. The van der Waals surface area contributed by atoms with Crippen molar-refractivity contribution in [1.82, 2.24) is 14.5 Å². The molecule has 120 valence electrons. The third kappa shape index (κ3) is 4.08. The average Bonchev–Trinajstić information content (AvgIpc) is 3.19. The molecule has 0 aliphatic heterocycles. The summed E-state index contributed by atoms with van der Waals surface area (Å²) in [4.78, 5) is 0. The van der Waals surface area contributed by atoms with Crippen LogP contribution in [0.25, 0.3) is 5.69 Å². The van der Waals surface area contributed by atoms with Crippen LogP contribution in [-0.2, 0) is 16.4 Å². The van der Waals surface area contributed by atoms with Gasteiger partial charge in [0.1, 0.15) is 4.21 Å². The lowest BCUT2D eigenvalue weighted by Gasteiger charge is -2.06. The van der Waals surface area contributed by atoms with Crippen molar-refractivity contribution in [2.75, 3.05) is 6.54 Å². The number of nitrogens with one attached hydrogen (secondary N) is 1. The fourth-order valence-corrected chi connectivity index (χ4v) is 5.17. The zero-order valence-electron chi connectivity index (χ0n) is 12.0. The van der Waals surface area contributed by atoms with Crippen LogP contribution in [0.3, 0.4) is 0 Å². The Morgan fingerprint density at radius 1 is 1.17 bits per heavy atom. The summed E-state index contributed by atoms with van der Waals surface area (Å²) < 4.78 is 29.7. The lowest BCUT2D eigenvalue weighted by molar-refractivity contribution is 0.584. The van der Waals surface area contributed by atoms with Crippen LogP contribution in [0.1, 0.15) is 5.56 Å². The second kappa shape index (κ2) is 6.96. The molecule has 0 atom stereocenters. The fourth-order valence-electron chi connectivity index (χ4n) is 2.08. The van der Waals surface area contributed by atoms with E-state index in [-0.39, 0.29) is 0 Å². The molecule has 0 fully saturated rings. The van der Waals surface area contributed by atoms with E-state index in [0.717, 1.165) is 15.0 Å². The zero-order valence-corrected chi connectivity index (χ0v) is 15.2. The summed E-state index contributed by atoms with van der Waals surface area (Å²) in [6, 6.07) is 13.1. The Hall–Kier alpha value is -1.48. The summed E-state index contributed by atoms with van der Waals surface area (Å²) in [6.45, 7) is 0.360. The van der Waals surface area contributed by atoms with Gasteiger partial charge < -0.3 is 0 Å². The number of benzene rings is 1. The third-order valence-corrected chi connectivity index (χ3v) is 6.80. The molecule has 23 heavy (non-hydrogen) atoms. The Balaban J connectivity index is 1.58. The second-order valence-corrected chi connectivity index (χ2v) is 9.28. The van der Waals surface area contributed by atoms with E-state index in [4.69, 9.17) is 0 Å². The molecule has 0 bridgehead atoms. The van der Waals surface area contributed by atoms with Gasteiger partial charge in [0.2, 0.25) is 10.0 Å². The van der Waals surface area contributed by atoms with E-state index in [2.05, 4.69) is 25.8 Å². The Morgan fingerprint density at radius 2 is 1.96 bits per heavy atom. The van der Waals surface area contributed by atoms with Crippen LogP contribution >= 0.6 is 27.3 Å². The minimum Gasteiger partial charge on any atom is -0.241 e. The van der Waals surface area contributed by atoms with E-state index < -0.39 is 10.0 Å². The van der Waals surface area contributed by atoms with E-state index in [0.29, 0.717) is 17.2 Å². The highest BCUT2D eigenvalue weighted by molar-refractivity contribution is 9.11. The number of sulfonamides is 1. The highest BCUT2D eigenvalue weighted by atomic mass is 79.9. The lowest BCUT2D eigenvalue weighted by atomic mass is 10.1. The van der Waals surface area contributed by atoms with E-state index in [1.165, 1.54) is 11.3 Å². The molecule has 8 heteroatoms. The van der Waals surface area contributed by atoms with Crippen LogP contribution in [0.15, 0.2) is 62.9 Å². The van der Waals surface area contributed by atoms with Crippen molar-refractivity contribution >= 4 is 37.3 Å². The standard InChI is InChI=1S/C15H14BrN3O2S2/c16-14-6-7-15(22-14)23(20,21)18-10-8-12-2-4-13(5-3-12)19-11-1-9-17-19/h1-7,9,11,18H,8,10H2. The topological polar surface area (TPSA) is 64.0 Å². The van der Waals surface area contributed by atoms with Gasteiger partial charge in [-0.3, -0.25) is 0 Å². The molecule has 0 unspecified atom stereocenters. The summed E-state index contributed by atoms with van der Waals surface area (Å²) in [5, 5.41) is 4.17. The number of aromatic nitrogens is 2. The number of hydrogen-bond donors (Lipinski definition) is 1. The first-order valence-electron chi connectivity index (χ1n) is 6.88. The van der Waals surface area contributed by atoms with Crippen LogP contribution in [0.5, 0.6) is 0 Å². The molecular formula is C15H14BrN3O2S2. The van der Waals surface area contributed by atoms with Gasteiger partial charge in [-0.1, -0.05) is 12.1 Å². The zero-order chi connectivity index (χ0) is 16.3. The van der Waals surface area contributed by atoms with Crippen molar-refractivity contribution in [3.8, 4) is 5.69 Å². The van der Waals surface area contributed by atoms with Gasteiger partial charge in [-0.05, 0) is 58.2 Å². The first-order chi connectivity index (χ1) is 11.0. The summed E-state index contributed by atoms with van der Waals surface area (Å²) in [7, 11) is -3.43. The molecule has 5 nitrogen and oxygen atoms in total. The largest absolute Gasteiger partial charge is 0.250 e. The van der Waals surface area contributed by atoms with Gasteiger partial charge in [0.15, 0.2) is 0 Å². The van der Waals surface area contributed by atoms with Crippen molar-refractivity contribution in [2.45, 2.75) is 10.6 Å². The minimum absolute atomic E-state index is 0.318. The maximum Gasteiger partial charge on any atom is 0.250 e. The van der Waals surface area contributed by atoms with Gasteiger partial charge in [-0.2, -0.15) is 5.10 Å². The van der Waals surface area contributed by atoms with Crippen molar-refractivity contribution in [3.05, 3.63) is 64.2 Å². The summed E-state index contributed by atoms with van der Waals surface area (Å²) in [6.07, 6.45) is 4.24. The van der Waals surface area contributed by atoms with Gasteiger partial charge in [0.25, 0.3) is 0 Å². The molecule has 3 aromatic rings. The molecule has 2 aromatic heterocycles. The van der Waals surface area contributed by atoms with Gasteiger partial charge in [0, 0.05) is 18.9 Å². The Labute approximate surface area is 147 Å². The SMILES string of the molecule is O=S(=O)(NCCc1ccc(-n2cccn2)cc1)c1ccc(Br)s1. The van der Waals surface area contributed by atoms with Crippen LogP contribution in [0.2, 0.25) is 0 Å². The molecular weight excluding hydrogens is 398 g/mol. The normalized spacial score (nSPS) is 11.7. The predicted molar refractivity (Wildman–Crippen MR) is 94.5 cm³/mol. The Morgan fingerprint density at radius 3 is 2.57 bits per heavy atom. The molecule has 0 spiro atoms. The smallest absolute Gasteiger partial charge is 0.241 e. The van der Waals surface area contributed by atoms with Gasteiger partial charge in [0.05, 0.1) is 9.47 Å². The summed E-state index contributed by atoms with van der Waals surface area (Å²) >= 11 is 4.47. The molecule has 1 aromatic carbocycles. The third-order valence-electron chi connectivity index (χ3n) is 3.22.